The van der Waals surface area contributed by atoms with Gasteiger partial charge in [-0.15, -0.1) is 0 Å². The minimum atomic E-state index is -3.59. The summed E-state index contributed by atoms with van der Waals surface area (Å²) in [5.74, 6) is -15.8. The fourth-order valence-electron chi connectivity index (χ4n) is 1.28. The van der Waals surface area contributed by atoms with E-state index in [1.54, 1.807) is 41.5 Å². The summed E-state index contributed by atoms with van der Waals surface area (Å²) >= 11 is 0. The first kappa shape index (κ1) is 24.9. The van der Waals surface area contributed by atoms with E-state index in [0.717, 1.165) is 0 Å². The quantitative estimate of drug-likeness (QED) is 0.242. The fraction of sp³-hybridized carbons (Fsp3) is 0.750. The molecule has 0 rings (SSSR count). The number of carbonyl (C=O) groups excluding carboxylic acids is 2. The van der Waals surface area contributed by atoms with E-state index in [1.165, 1.54) is 0 Å². The van der Waals surface area contributed by atoms with Gasteiger partial charge in [-0.1, -0.05) is 41.5 Å². The molecule has 11 nitrogen and oxygen atoms in total. The second-order valence-corrected chi connectivity index (χ2v) is 8.27. The minimum absolute atomic E-state index is 0.428. The van der Waals surface area contributed by atoms with E-state index < -0.39 is 59.5 Å². The molecule has 0 aromatic rings. The predicted molar refractivity (Wildman–Crippen MR) is 87.1 cm³/mol. The zero-order valence-corrected chi connectivity index (χ0v) is 16.1. The van der Waals surface area contributed by atoms with Crippen molar-refractivity contribution in [1.82, 2.24) is 0 Å². The van der Waals surface area contributed by atoms with Gasteiger partial charge in [-0.25, -0.2) is 19.2 Å². The Hall–Kier alpha value is -2.08. The van der Waals surface area contributed by atoms with Gasteiger partial charge in [-0.3, -0.25) is 0 Å². The highest BCUT2D eigenvalue weighted by molar-refractivity contribution is 6.09. The lowest BCUT2D eigenvalue weighted by molar-refractivity contribution is -0.254. The molecule has 11 heteroatoms. The third-order valence-electron chi connectivity index (χ3n) is 2.75. The van der Waals surface area contributed by atoms with Crippen molar-refractivity contribution in [2.75, 3.05) is 13.2 Å². The van der Waals surface area contributed by atoms with Crippen molar-refractivity contribution in [2.45, 2.75) is 53.1 Å². The zero-order chi connectivity index (χ0) is 21.8. The average molecular weight is 394 g/mol. The van der Waals surface area contributed by atoms with Crippen LogP contribution in [0.25, 0.3) is 0 Å². The van der Waals surface area contributed by atoms with Crippen molar-refractivity contribution in [1.29, 1.82) is 0 Å². The van der Waals surface area contributed by atoms with E-state index in [1.807, 2.05) is 0 Å². The molecule has 0 aromatic carbocycles. The van der Waals surface area contributed by atoms with Crippen molar-refractivity contribution in [3.05, 3.63) is 0 Å². The molecule has 0 fully saturated rings. The number of carboxylic acid groups (broad SMARTS) is 2. The lowest BCUT2D eigenvalue weighted by atomic mass is 9.98. The summed E-state index contributed by atoms with van der Waals surface area (Å²) in [6.45, 7) is 8.78. The Balaban J connectivity index is 5.48. The number of aliphatic carboxylic acids is 2. The molecule has 2 atom stereocenters. The number of aliphatic hydroxyl groups is 2. The Bertz CT molecular complexity index is 546. The van der Waals surface area contributed by atoms with Crippen molar-refractivity contribution in [3.8, 4) is 0 Å². The van der Waals surface area contributed by atoms with Crippen LogP contribution in [0.3, 0.4) is 0 Å². The summed E-state index contributed by atoms with van der Waals surface area (Å²) in [4.78, 5) is 46.3. The Kier molecular flexibility index (Phi) is 7.66. The first-order valence-corrected chi connectivity index (χ1v) is 7.81. The summed E-state index contributed by atoms with van der Waals surface area (Å²) in [5, 5.41) is 37.9. The molecule has 0 aromatic heterocycles. The normalized spacial score (nSPS) is 16.7. The number of hydrogen-bond donors (Lipinski definition) is 4. The van der Waals surface area contributed by atoms with Crippen LogP contribution in [0.1, 0.15) is 41.5 Å². The van der Waals surface area contributed by atoms with Gasteiger partial charge in [0.05, 0.1) is 13.2 Å². The minimum Gasteiger partial charge on any atom is -0.477 e. The number of ether oxygens (including phenoxy) is 3. The van der Waals surface area contributed by atoms with Gasteiger partial charge in [0.25, 0.3) is 0 Å². The molecule has 0 heterocycles. The van der Waals surface area contributed by atoms with Crippen LogP contribution in [-0.2, 0) is 33.4 Å². The maximum Gasteiger partial charge on any atom is 0.387 e. The van der Waals surface area contributed by atoms with Crippen LogP contribution < -0.4 is 0 Å². The van der Waals surface area contributed by atoms with Gasteiger partial charge >= 0.3 is 35.5 Å². The van der Waals surface area contributed by atoms with Gasteiger partial charge in [0.15, 0.2) is 0 Å². The SMILES string of the molecule is CC(C)(C)COC(O)(C(=O)O)C(=O)OC(=O)C(O)(OCC(C)(C)C)C(=O)O. The van der Waals surface area contributed by atoms with Crippen LogP contribution in [-0.4, -0.2) is 69.1 Å². The lowest BCUT2D eigenvalue weighted by Crippen LogP contribution is -2.56. The predicted octanol–water partition coefficient (Wildman–Crippen LogP) is -0.272. The maximum atomic E-state index is 11.9. The van der Waals surface area contributed by atoms with Gasteiger partial charge in [-0.2, -0.15) is 0 Å². The van der Waals surface area contributed by atoms with Crippen LogP contribution in [0, 0.1) is 10.8 Å². The Labute approximate surface area is 155 Å². The summed E-state index contributed by atoms with van der Waals surface area (Å²) < 4.78 is 13.4. The molecule has 0 amide bonds. The van der Waals surface area contributed by atoms with Crippen molar-refractivity contribution in [2.24, 2.45) is 10.8 Å². The smallest absolute Gasteiger partial charge is 0.387 e. The monoisotopic (exact) mass is 394 g/mol. The molecule has 0 spiro atoms. The van der Waals surface area contributed by atoms with E-state index in [-0.39, 0.29) is 0 Å². The second-order valence-electron chi connectivity index (χ2n) is 8.27. The molecule has 27 heavy (non-hydrogen) atoms. The Morgan fingerprint density at radius 2 is 0.926 bits per heavy atom. The van der Waals surface area contributed by atoms with Crippen LogP contribution in [0.4, 0.5) is 0 Å². The number of esters is 2. The highest BCUT2D eigenvalue weighted by Crippen LogP contribution is 2.22. The van der Waals surface area contributed by atoms with E-state index in [9.17, 15) is 29.4 Å². The molecule has 0 aliphatic carbocycles. The van der Waals surface area contributed by atoms with Gasteiger partial charge in [0.1, 0.15) is 0 Å². The molecule has 0 radical (unpaired) electrons. The maximum absolute atomic E-state index is 11.9. The van der Waals surface area contributed by atoms with Gasteiger partial charge in [0, 0.05) is 0 Å². The summed E-state index contributed by atoms with van der Waals surface area (Å²) in [5.41, 5.74) is -1.35. The topological polar surface area (TPSA) is 177 Å². The fourth-order valence-corrected chi connectivity index (χ4v) is 1.28. The van der Waals surface area contributed by atoms with Crippen LogP contribution in [0.2, 0.25) is 0 Å². The van der Waals surface area contributed by atoms with Crippen LogP contribution in [0.5, 0.6) is 0 Å². The number of carbonyl (C=O) groups is 4. The molecule has 0 bridgehead atoms. The lowest BCUT2D eigenvalue weighted by Gasteiger charge is -2.28. The first-order valence-electron chi connectivity index (χ1n) is 7.81. The largest absolute Gasteiger partial charge is 0.477 e. The molecular weight excluding hydrogens is 368 g/mol. The molecule has 0 aliphatic heterocycles. The van der Waals surface area contributed by atoms with E-state index >= 15 is 0 Å². The average Bonchev–Trinajstić information content (AvgIpc) is 2.47. The van der Waals surface area contributed by atoms with Gasteiger partial charge in [-0.05, 0) is 10.8 Å². The molecule has 156 valence electrons. The second kappa shape index (κ2) is 8.30. The van der Waals surface area contributed by atoms with E-state index in [4.69, 9.17) is 10.2 Å². The molecule has 0 saturated carbocycles. The van der Waals surface area contributed by atoms with Gasteiger partial charge in [0.2, 0.25) is 0 Å². The Morgan fingerprint density at radius 1 is 0.667 bits per heavy atom. The highest BCUT2D eigenvalue weighted by Gasteiger charge is 2.55. The van der Waals surface area contributed by atoms with Crippen molar-refractivity contribution >= 4 is 23.9 Å². The molecular formula is C16H26O11. The third-order valence-corrected chi connectivity index (χ3v) is 2.75. The number of carboxylic acids is 2. The van der Waals surface area contributed by atoms with Crippen LogP contribution in [0.15, 0.2) is 0 Å². The summed E-state index contributed by atoms with van der Waals surface area (Å²) in [7, 11) is 0. The summed E-state index contributed by atoms with van der Waals surface area (Å²) in [6.07, 6.45) is 0. The van der Waals surface area contributed by atoms with Crippen molar-refractivity contribution in [3.63, 3.8) is 0 Å². The van der Waals surface area contributed by atoms with Crippen molar-refractivity contribution < 1.29 is 53.8 Å². The standard InChI is InChI=1S/C16H26O11/c1-13(2,3)7-25-15(23,9(17)18)11(21)27-12(22)16(24,10(19)20)26-8-14(4,5)6/h23-24H,7-8H2,1-6H3,(H,17,18)(H,19,20). The van der Waals surface area contributed by atoms with E-state index in [0.29, 0.717) is 0 Å². The van der Waals surface area contributed by atoms with Crippen LogP contribution >= 0.6 is 0 Å². The Morgan fingerprint density at radius 3 is 1.11 bits per heavy atom. The number of hydrogen-bond acceptors (Lipinski definition) is 9. The summed E-state index contributed by atoms with van der Waals surface area (Å²) in [6, 6.07) is 0. The molecule has 4 N–H and O–H groups in total. The van der Waals surface area contributed by atoms with E-state index in [2.05, 4.69) is 14.2 Å². The molecule has 2 unspecified atom stereocenters. The molecule has 0 saturated heterocycles. The highest BCUT2D eigenvalue weighted by atomic mass is 16.7. The zero-order valence-electron chi connectivity index (χ0n) is 16.1. The molecule has 0 aliphatic rings. The van der Waals surface area contributed by atoms with Gasteiger partial charge < -0.3 is 34.6 Å². The number of rotatable bonds is 8. The first-order chi connectivity index (χ1) is 11.8. The third kappa shape index (κ3) is 7.21.